The first-order chi connectivity index (χ1) is 15.2. The van der Waals surface area contributed by atoms with Gasteiger partial charge in [-0.05, 0) is 36.1 Å². The van der Waals surface area contributed by atoms with Gasteiger partial charge in [-0.3, -0.25) is 9.59 Å². The zero-order valence-electron chi connectivity index (χ0n) is 18.1. The van der Waals surface area contributed by atoms with E-state index in [0.29, 0.717) is 0 Å². The van der Waals surface area contributed by atoms with E-state index in [-0.39, 0.29) is 25.5 Å². The van der Waals surface area contributed by atoms with Crippen molar-refractivity contribution in [3.8, 4) is 11.1 Å². The lowest BCUT2D eigenvalue weighted by atomic mass is 9.98. The number of rotatable bonds is 9. The fourth-order valence-electron chi connectivity index (χ4n) is 3.92. The van der Waals surface area contributed by atoms with Crippen LogP contribution in [0, 0.1) is 0 Å². The van der Waals surface area contributed by atoms with Crippen LogP contribution in [0.4, 0.5) is 4.79 Å². The van der Waals surface area contributed by atoms with E-state index in [1.165, 1.54) is 6.92 Å². The van der Waals surface area contributed by atoms with E-state index in [9.17, 15) is 19.5 Å². The first-order valence-corrected chi connectivity index (χ1v) is 10.5. The molecule has 8 heteroatoms. The number of alkyl carbamates (subject to hydrolysis) is 1. The summed E-state index contributed by atoms with van der Waals surface area (Å²) in [7, 11) is 0. The Morgan fingerprint density at radius 1 is 1.06 bits per heavy atom. The van der Waals surface area contributed by atoms with E-state index < -0.39 is 36.0 Å². The second-order valence-electron chi connectivity index (χ2n) is 8.42. The zero-order chi connectivity index (χ0) is 23.3. The number of hydrogen-bond acceptors (Lipinski definition) is 5. The van der Waals surface area contributed by atoms with Gasteiger partial charge in [0.25, 0.3) is 0 Å². The maximum absolute atomic E-state index is 12.3. The molecule has 0 aliphatic heterocycles. The van der Waals surface area contributed by atoms with Crippen LogP contribution in [0.15, 0.2) is 48.5 Å². The Bertz CT molecular complexity index is 958. The van der Waals surface area contributed by atoms with Crippen LogP contribution >= 0.6 is 0 Å². The molecule has 0 saturated carbocycles. The van der Waals surface area contributed by atoms with Crippen molar-refractivity contribution in [1.82, 2.24) is 10.6 Å². The van der Waals surface area contributed by atoms with Gasteiger partial charge in [0.05, 0.1) is 12.0 Å². The van der Waals surface area contributed by atoms with Gasteiger partial charge in [-0.1, -0.05) is 48.5 Å². The lowest BCUT2D eigenvalue weighted by molar-refractivity contribution is -0.142. The largest absolute Gasteiger partial charge is 0.481 e. The molecule has 0 fully saturated rings. The average molecular weight is 440 g/mol. The van der Waals surface area contributed by atoms with Gasteiger partial charge in [0.15, 0.2) is 0 Å². The first-order valence-electron chi connectivity index (χ1n) is 10.5. The summed E-state index contributed by atoms with van der Waals surface area (Å²) < 4.78 is 5.46. The average Bonchev–Trinajstić information content (AvgIpc) is 3.04. The van der Waals surface area contributed by atoms with E-state index in [1.54, 1.807) is 6.92 Å². The highest BCUT2D eigenvalue weighted by Crippen LogP contribution is 2.44. The van der Waals surface area contributed by atoms with Crippen molar-refractivity contribution < 1.29 is 29.3 Å². The summed E-state index contributed by atoms with van der Waals surface area (Å²) in [6.07, 6.45) is -1.14. The Labute approximate surface area is 186 Å². The standard InChI is InChI=1S/C24H28N2O6/c1-15(11-21(27)25-14-24(2,31)12-22(28)29)26-23(30)32-13-20-18-9-5-3-7-16(18)17-8-4-6-10-19(17)20/h3-10,15,20,31H,11-14H2,1-2H3,(H,25,27)(H,26,30)(H,28,29)/t15-,24?/m1/s1. The SMILES string of the molecule is C[C@H](CC(=O)NCC(C)(O)CC(=O)O)NC(=O)OCC1c2ccccc2-c2ccccc21. The zero-order valence-corrected chi connectivity index (χ0v) is 18.1. The van der Waals surface area contributed by atoms with Crippen LogP contribution in [-0.4, -0.2) is 53.0 Å². The Hall–Kier alpha value is -3.39. The van der Waals surface area contributed by atoms with E-state index in [0.717, 1.165) is 22.3 Å². The number of carbonyl (C=O) groups excluding carboxylic acids is 2. The number of aliphatic carboxylic acids is 1. The van der Waals surface area contributed by atoms with Gasteiger partial charge in [-0.25, -0.2) is 4.79 Å². The number of hydrogen-bond donors (Lipinski definition) is 4. The Kier molecular flexibility index (Phi) is 7.15. The topological polar surface area (TPSA) is 125 Å². The molecule has 2 amide bonds. The Balaban J connectivity index is 1.48. The number of nitrogens with one attached hydrogen (secondary N) is 2. The second kappa shape index (κ2) is 9.82. The van der Waals surface area contributed by atoms with Crippen LogP contribution in [-0.2, 0) is 14.3 Å². The van der Waals surface area contributed by atoms with E-state index in [4.69, 9.17) is 9.84 Å². The molecular formula is C24H28N2O6. The van der Waals surface area contributed by atoms with Gasteiger partial charge in [0.1, 0.15) is 6.61 Å². The third kappa shape index (κ3) is 5.85. The van der Waals surface area contributed by atoms with Gasteiger partial charge in [0.2, 0.25) is 5.91 Å². The van der Waals surface area contributed by atoms with Crippen molar-refractivity contribution in [1.29, 1.82) is 0 Å². The number of carboxylic acids is 1. The minimum absolute atomic E-state index is 0.0344. The molecule has 8 nitrogen and oxygen atoms in total. The Morgan fingerprint density at radius 3 is 2.19 bits per heavy atom. The van der Waals surface area contributed by atoms with Gasteiger partial charge in [0, 0.05) is 24.9 Å². The number of carbonyl (C=O) groups is 3. The molecule has 2 aromatic carbocycles. The minimum Gasteiger partial charge on any atom is -0.481 e. The van der Waals surface area contributed by atoms with Crippen LogP contribution in [0.3, 0.4) is 0 Å². The summed E-state index contributed by atoms with van der Waals surface area (Å²) in [5, 5.41) is 23.8. The lowest BCUT2D eigenvalue weighted by Crippen LogP contribution is -2.44. The third-order valence-electron chi connectivity index (χ3n) is 5.40. The van der Waals surface area contributed by atoms with Gasteiger partial charge in [-0.2, -0.15) is 0 Å². The van der Waals surface area contributed by atoms with Crippen LogP contribution in [0.5, 0.6) is 0 Å². The summed E-state index contributed by atoms with van der Waals surface area (Å²) in [6.45, 7) is 2.97. The molecule has 0 spiro atoms. The number of fused-ring (bicyclic) bond motifs is 3. The van der Waals surface area contributed by atoms with Crippen LogP contribution in [0.25, 0.3) is 11.1 Å². The molecule has 2 atom stereocenters. The highest BCUT2D eigenvalue weighted by molar-refractivity contribution is 5.79. The molecule has 32 heavy (non-hydrogen) atoms. The fourth-order valence-corrected chi connectivity index (χ4v) is 3.92. The number of ether oxygens (including phenoxy) is 1. The summed E-state index contributed by atoms with van der Waals surface area (Å²) >= 11 is 0. The van der Waals surface area contributed by atoms with Crippen molar-refractivity contribution in [3.63, 3.8) is 0 Å². The van der Waals surface area contributed by atoms with E-state index >= 15 is 0 Å². The van der Waals surface area contributed by atoms with Gasteiger partial charge < -0.3 is 25.6 Å². The van der Waals surface area contributed by atoms with Crippen molar-refractivity contribution >= 4 is 18.0 Å². The lowest BCUT2D eigenvalue weighted by Gasteiger charge is -2.22. The van der Waals surface area contributed by atoms with Gasteiger partial charge >= 0.3 is 12.1 Å². The smallest absolute Gasteiger partial charge is 0.407 e. The number of aliphatic hydroxyl groups is 1. The fraction of sp³-hybridized carbons (Fsp3) is 0.375. The first kappa shape index (κ1) is 23.3. The predicted molar refractivity (Wildman–Crippen MR) is 118 cm³/mol. The molecule has 1 unspecified atom stereocenters. The maximum atomic E-state index is 12.3. The molecule has 1 aliphatic carbocycles. The van der Waals surface area contributed by atoms with Gasteiger partial charge in [-0.15, -0.1) is 0 Å². The molecular weight excluding hydrogens is 412 g/mol. The molecule has 1 aliphatic rings. The third-order valence-corrected chi connectivity index (χ3v) is 5.40. The molecule has 3 rings (SSSR count). The maximum Gasteiger partial charge on any atom is 0.407 e. The number of carboxylic acid groups (broad SMARTS) is 1. The summed E-state index contributed by atoms with van der Waals surface area (Å²) in [4.78, 5) is 35.0. The van der Waals surface area contributed by atoms with Crippen molar-refractivity contribution in [2.45, 2.75) is 44.2 Å². The highest BCUT2D eigenvalue weighted by Gasteiger charge is 2.29. The monoisotopic (exact) mass is 440 g/mol. The van der Waals surface area contributed by atoms with Crippen molar-refractivity contribution in [2.75, 3.05) is 13.2 Å². The van der Waals surface area contributed by atoms with E-state index in [2.05, 4.69) is 22.8 Å². The number of benzene rings is 2. The van der Waals surface area contributed by atoms with Crippen molar-refractivity contribution in [3.05, 3.63) is 59.7 Å². The normalized spacial score (nSPS) is 15.1. The number of amides is 2. The molecule has 0 heterocycles. The highest BCUT2D eigenvalue weighted by atomic mass is 16.5. The minimum atomic E-state index is -1.55. The molecule has 0 saturated heterocycles. The summed E-state index contributed by atoms with van der Waals surface area (Å²) in [5.41, 5.74) is 2.96. The molecule has 0 aromatic heterocycles. The second-order valence-corrected chi connectivity index (χ2v) is 8.42. The van der Waals surface area contributed by atoms with Crippen LogP contribution < -0.4 is 10.6 Å². The predicted octanol–water partition coefficient (Wildman–Crippen LogP) is 2.65. The Morgan fingerprint density at radius 2 is 1.62 bits per heavy atom. The van der Waals surface area contributed by atoms with Crippen LogP contribution in [0.1, 0.15) is 43.7 Å². The summed E-state index contributed by atoms with van der Waals surface area (Å²) in [6, 6.07) is 15.6. The molecule has 0 bridgehead atoms. The van der Waals surface area contributed by atoms with Crippen LogP contribution in [0.2, 0.25) is 0 Å². The molecule has 0 radical (unpaired) electrons. The molecule has 2 aromatic rings. The molecule has 170 valence electrons. The van der Waals surface area contributed by atoms with E-state index in [1.807, 2.05) is 36.4 Å². The summed E-state index contributed by atoms with van der Waals surface area (Å²) in [5.74, 6) is -1.63. The quantitative estimate of drug-likeness (QED) is 0.475. The molecule has 4 N–H and O–H groups in total. The van der Waals surface area contributed by atoms with Crippen molar-refractivity contribution in [2.24, 2.45) is 0 Å².